The first kappa shape index (κ1) is 24.5. The highest BCUT2D eigenvalue weighted by molar-refractivity contribution is 5.76. The summed E-state index contributed by atoms with van der Waals surface area (Å²) in [6.45, 7) is 0. The van der Waals surface area contributed by atoms with Crippen LogP contribution in [0.5, 0.6) is 0 Å². The smallest absolute Gasteiger partial charge is 0.205 e. The van der Waals surface area contributed by atoms with Gasteiger partial charge >= 0.3 is 0 Å². The van der Waals surface area contributed by atoms with Gasteiger partial charge in [-0.3, -0.25) is 0 Å². The summed E-state index contributed by atoms with van der Waals surface area (Å²) >= 11 is 0. The fraction of sp³-hybridized carbons (Fsp3) is 0.185. The molecule has 34 heavy (non-hydrogen) atoms. The molecule has 0 spiro atoms. The van der Waals surface area contributed by atoms with Crippen molar-refractivity contribution in [3.8, 4) is 6.07 Å². The van der Waals surface area contributed by atoms with Gasteiger partial charge in [0.05, 0.1) is 17.1 Å². The number of hydrogen-bond donors (Lipinski definition) is 1. The molecule has 0 amide bonds. The minimum Gasteiger partial charge on any atom is -0.395 e. The van der Waals surface area contributed by atoms with E-state index in [1.807, 2.05) is 50.0 Å². The number of nitrogen functional groups attached to an aromatic ring is 1. The highest BCUT2D eigenvalue weighted by Gasteiger charge is 2.15. The van der Waals surface area contributed by atoms with Crippen molar-refractivity contribution in [2.75, 3.05) is 43.7 Å². The van der Waals surface area contributed by atoms with Gasteiger partial charge in [0.1, 0.15) is 24.5 Å². The van der Waals surface area contributed by atoms with Crippen LogP contribution in [0.1, 0.15) is 28.1 Å². The van der Waals surface area contributed by atoms with Crippen LogP contribution < -0.4 is 20.1 Å². The van der Waals surface area contributed by atoms with Crippen molar-refractivity contribution in [2.45, 2.75) is 0 Å². The summed E-state index contributed by atoms with van der Waals surface area (Å²) in [4.78, 5) is 3.47. The predicted molar refractivity (Wildman–Crippen MR) is 136 cm³/mol. The molecule has 3 rings (SSSR count). The van der Waals surface area contributed by atoms with Crippen LogP contribution >= 0.6 is 0 Å². The van der Waals surface area contributed by atoms with Crippen LogP contribution in [0.2, 0.25) is 0 Å². The molecule has 0 atom stereocenters. The fourth-order valence-corrected chi connectivity index (χ4v) is 3.61. The van der Waals surface area contributed by atoms with Gasteiger partial charge in [-0.2, -0.15) is 9.83 Å². The molecule has 2 aromatic carbocycles. The number of benzene rings is 2. The molecule has 2 N–H and O–H groups in total. The third-order valence-corrected chi connectivity index (χ3v) is 5.59. The van der Waals surface area contributed by atoms with Crippen molar-refractivity contribution in [2.24, 2.45) is 7.05 Å². The molecule has 1 aromatic heterocycles. The van der Waals surface area contributed by atoms with E-state index < -0.39 is 11.6 Å². The molecule has 3 aromatic rings. The number of nitrogens with zero attached hydrogens (tertiary/aromatic N) is 4. The molecule has 0 aliphatic rings. The minimum atomic E-state index is -0.558. The summed E-state index contributed by atoms with van der Waals surface area (Å²) in [6.07, 6.45) is 6.88. The van der Waals surface area contributed by atoms with Gasteiger partial charge in [-0.05, 0) is 42.5 Å². The standard InChI is InChI=1S/C27H28F2N5/c1-32(2)23-15-11-18(25(28)22(23)17-30)9-13-20-7-6-8-21(34(20)5)14-10-19-12-16-24(33(3)4)27(31)26(19)29/h6-16H,31H2,1-5H3/q+1. The average molecular weight is 461 g/mol. The Morgan fingerprint density at radius 2 is 1.29 bits per heavy atom. The molecule has 7 heteroatoms. The van der Waals surface area contributed by atoms with Crippen LogP contribution in [-0.4, -0.2) is 28.2 Å². The Balaban J connectivity index is 1.92. The van der Waals surface area contributed by atoms with E-state index in [4.69, 9.17) is 5.73 Å². The quantitative estimate of drug-likeness (QED) is 0.427. The first-order chi connectivity index (χ1) is 16.1. The largest absolute Gasteiger partial charge is 0.395 e. The zero-order valence-electron chi connectivity index (χ0n) is 20.0. The lowest BCUT2D eigenvalue weighted by molar-refractivity contribution is -0.675. The highest BCUT2D eigenvalue weighted by atomic mass is 19.1. The third-order valence-electron chi connectivity index (χ3n) is 5.59. The first-order valence-electron chi connectivity index (χ1n) is 10.7. The van der Waals surface area contributed by atoms with Gasteiger partial charge in [0, 0.05) is 63.6 Å². The van der Waals surface area contributed by atoms with Crippen molar-refractivity contribution in [3.05, 3.63) is 82.2 Å². The van der Waals surface area contributed by atoms with Gasteiger partial charge in [-0.15, -0.1) is 0 Å². The molecular formula is C27H28F2N5+. The first-order valence-corrected chi connectivity index (χ1v) is 10.7. The maximum absolute atomic E-state index is 14.9. The number of anilines is 3. The predicted octanol–water partition coefficient (Wildman–Crippen LogP) is 4.72. The van der Waals surface area contributed by atoms with Gasteiger partial charge in [0.25, 0.3) is 0 Å². The second kappa shape index (κ2) is 10.2. The Hall–Kier alpha value is -4.18. The molecule has 0 bridgehead atoms. The van der Waals surface area contributed by atoms with E-state index in [1.165, 1.54) is 0 Å². The number of pyridine rings is 1. The summed E-state index contributed by atoms with van der Waals surface area (Å²) in [5, 5.41) is 9.38. The summed E-state index contributed by atoms with van der Waals surface area (Å²) in [5.41, 5.74) is 9.54. The Morgan fingerprint density at radius 1 is 0.794 bits per heavy atom. The summed E-state index contributed by atoms with van der Waals surface area (Å²) < 4.78 is 31.5. The third kappa shape index (κ3) is 4.91. The number of halogens is 2. The molecule has 0 aliphatic heterocycles. The molecule has 0 saturated heterocycles. The summed E-state index contributed by atoms with van der Waals surface area (Å²) in [7, 11) is 9.01. The molecule has 1 heterocycles. The Labute approximate surface area is 199 Å². The molecule has 5 nitrogen and oxygen atoms in total. The van der Waals surface area contributed by atoms with Gasteiger partial charge < -0.3 is 15.5 Å². The maximum Gasteiger partial charge on any atom is 0.205 e. The molecular weight excluding hydrogens is 432 g/mol. The molecule has 174 valence electrons. The van der Waals surface area contributed by atoms with Crippen molar-refractivity contribution in [3.63, 3.8) is 0 Å². The maximum atomic E-state index is 14.9. The SMILES string of the molecule is CN(C)c1ccc(/C=C/c2cccc(/C=C/c3ccc(N(C)C)c(C#N)c3F)[n+]2C)c(F)c1N. The fourth-order valence-electron chi connectivity index (χ4n) is 3.61. The zero-order chi connectivity index (χ0) is 25.0. The lowest BCUT2D eigenvalue weighted by Gasteiger charge is -2.16. The second-order valence-corrected chi connectivity index (χ2v) is 8.27. The van der Waals surface area contributed by atoms with Crippen molar-refractivity contribution in [1.82, 2.24) is 0 Å². The summed E-state index contributed by atoms with van der Waals surface area (Å²) in [6, 6.07) is 14.4. The van der Waals surface area contributed by atoms with E-state index in [-0.39, 0.29) is 11.3 Å². The van der Waals surface area contributed by atoms with E-state index in [0.717, 1.165) is 11.4 Å². The van der Waals surface area contributed by atoms with Gasteiger partial charge in [0.2, 0.25) is 11.4 Å². The lowest BCUT2D eigenvalue weighted by Crippen LogP contribution is -2.35. The van der Waals surface area contributed by atoms with Crippen LogP contribution in [0.25, 0.3) is 24.3 Å². The Morgan fingerprint density at radius 3 is 1.79 bits per heavy atom. The normalized spacial score (nSPS) is 11.2. The Bertz CT molecular complexity index is 1320. The molecule has 0 radical (unpaired) electrons. The van der Waals surface area contributed by atoms with Crippen molar-refractivity contribution < 1.29 is 13.3 Å². The van der Waals surface area contributed by atoms with Gasteiger partial charge in [-0.25, -0.2) is 8.78 Å². The van der Waals surface area contributed by atoms with Crippen LogP contribution in [0.3, 0.4) is 0 Å². The number of aromatic nitrogens is 1. The lowest BCUT2D eigenvalue weighted by atomic mass is 10.1. The molecule has 0 unspecified atom stereocenters. The highest BCUT2D eigenvalue weighted by Crippen LogP contribution is 2.28. The number of nitriles is 1. The van der Waals surface area contributed by atoms with Crippen LogP contribution in [0, 0.1) is 23.0 Å². The van der Waals surface area contributed by atoms with E-state index in [0.29, 0.717) is 22.5 Å². The van der Waals surface area contributed by atoms with E-state index in [9.17, 15) is 14.0 Å². The average Bonchev–Trinajstić information content (AvgIpc) is 2.80. The van der Waals surface area contributed by atoms with E-state index in [1.54, 1.807) is 72.5 Å². The topological polar surface area (TPSA) is 60.2 Å². The monoisotopic (exact) mass is 460 g/mol. The van der Waals surface area contributed by atoms with E-state index >= 15 is 0 Å². The van der Waals surface area contributed by atoms with Gasteiger partial charge in [-0.1, -0.05) is 0 Å². The van der Waals surface area contributed by atoms with Crippen molar-refractivity contribution in [1.29, 1.82) is 5.26 Å². The summed E-state index contributed by atoms with van der Waals surface area (Å²) in [5.74, 6) is -1.02. The number of hydrogen-bond acceptors (Lipinski definition) is 4. The van der Waals surface area contributed by atoms with E-state index in [2.05, 4.69) is 0 Å². The number of nitrogens with two attached hydrogens (primary N) is 1. The molecule has 0 fully saturated rings. The minimum absolute atomic E-state index is 0.00907. The van der Waals surface area contributed by atoms with Crippen LogP contribution in [-0.2, 0) is 7.05 Å². The zero-order valence-corrected chi connectivity index (χ0v) is 20.0. The number of rotatable bonds is 6. The van der Waals surface area contributed by atoms with Gasteiger partial charge in [0.15, 0.2) is 5.82 Å². The van der Waals surface area contributed by atoms with Crippen molar-refractivity contribution >= 4 is 41.4 Å². The molecule has 0 saturated carbocycles. The second-order valence-electron chi connectivity index (χ2n) is 8.27. The molecule has 0 aliphatic carbocycles. The van der Waals surface area contributed by atoms with Crippen LogP contribution in [0.4, 0.5) is 25.8 Å². The Kier molecular flexibility index (Phi) is 7.32. The van der Waals surface area contributed by atoms with Crippen LogP contribution in [0.15, 0.2) is 42.5 Å².